The van der Waals surface area contributed by atoms with Crippen molar-refractivity contribution in [2.24, 2.45) is 0 Å². The van der Waals surface area contributed by atoms with Crippen LogP contribution in [0.4, 0.5) is 10.5 Å². The van der Waals surface area contributed by atoms with Crippen molar-refractivity contribution in [2.75, 3.05) is 11.9 Å². The molecular formula is C15H20BrNO4. The Kier molecular flexibility index (Phi) is 6.20. The summed E-state index contributed by atoms with van der Waals surface area (Å²) in [5.41, 5.74) is 0.988. The molecule has 0 aliphatic heterocycles. The number of hydrogen-bond acceptors (Lipinski definition) is 4. The first-order valence-electron chi connectivity index (χ1n) is 6.63. The molecule has 0 atom stereocenters. The molecule has 0 aliphatic carbocycles. The average molecular weight is 358 g/mol. The molecule has 1 N–H and O–H groups in total. The molecule has 1 rings (SSSR count). The molecule has 0 radical (unpaired) electrons. The predicted octanol–water partition coefficient (Wildman–Crippen LogP) is 4.11. The van der Waals surface area contributed by atoms with Gasteiger partial charge in [0, 0.05) is 5.33 Å². The van der Waals surface area contributed by atoms with Gasteiger partial charge in [-0.3, -0.25) is 5.32 Å². The highest BCUT2D eigenvalue weighted by atomic mass is 79.9. The third-order valence-corrected chi connectivity index (χ3v) is 3.02. The van der Waals surface area contributed by atoms with Gasteiger partial charge in [0.15, 0.2) is 0 Å². The second kappa shape index (κ2) is 7.45. The molecule has 21 heavy (non-hydrogen) atoms. The van der Waals surface area contributed by atoms with Gasteiger partial charge >= 0.3 is 12.1 Å². The maximum absolute atomic E-state index is 11.9. The number of rotatable bonds is 4. The fraction of sp³-hybridized carbons (Fsp3) is 0.467. The summed E-state index contributed by atoms with van der Waals surface area (Å²) < 4.78 is 10.2. The summed E-state index contributed by atoms with van der Waals surface area (Å²) in [6.07, 6.45) is -0.611. The standard InChI is InChI=1S/C15H20BrNO4/c1-5-20-13(18)11-7-6-10(9-16)8-12(11)17-14(19)21-15(2,3)4/h6-8H,5,9H2,1-4H3,(H,17,19). The van der Waals surface area contributed by atoms with Crippen LogP contribution in [0.2, 0.25) is 0 Å². The van der Waals surface area contributed by atoms with Gasteiger partial charge in [-0.1, -0.05) is 22.0 Å². The summed E-state index contributed by atoms with van der Waals surface area (Å²) in [5.74, 6) is -0.482. The zero-order chi connectivity index (χ0) is 16.0. The van der Waals surface area contributed by atoms with E-state index < -0.39 is 17.7 Å². The van der Waals surface area contributed by atoms with Crippen LogP contribution < -0.4 is 5.32 Å². The Morgan fingerprint density at radius 2 is 1.95 bits per heavy atom. The van der Waals surface area contributed by atoms with E-state index in [-0.39, 0.29) is 6.61 Å². The van der Waals surface area contributed by atoms with Gasteiger partial charge in [-0.25, -0.2) is 9.59 Å². The number of amides is 1. The van der Waals surface area contributed by atoms with Gasteiger partial charge in [-0.2, -0.15) is 0 Å². The first-order chi connectivity index (χ1) is 9.76. The van der Waals surface area contributed by atoms with Crippen LogP contribution in [0.25, 0.3) is 0 Å². The van der Waals surface area contributed by atoms with E-state index in [4.69, 9.17) is 9.47 Å². The van der Waals surface area contributed by atoms with Crippen molar-refractivity contribution in [1.82, 2.24) is 0 Å². The fourth-order valence-electron chi connectivity index (χ4n) is 1.58. The van der Waals surface area contributed by atoms with Crippen molar-refractivity contribution >= 4 is 33.7 Å². The van der Waals surface area contributed by atoms with Crippen LogP contribution in [0, 0.1) is 0 Å². The second-order valence-electron chi connectivity index (χ2n) is 5.36. The Bertz CT molecular complexity index is 523. The molecular weight excluding hydrogens is 338 g/mol. The quantitative estimate of drug-likeness (QED) is 0.650. The number of alkyl halides is 1. The highest BCUT2D eigenvalue weighted by Gasteiger charge is 2.19. The Hall–Kier alpha value is -1.56. The van der Waals surface area contributed by atoms with Crippen LogP contribution in [-0.4, -0.2) is 24.3 Å². The van der Waals surface area contributed by atoms with E-state index in [0.29, 0.717) is 16.6 Å². The maximum atomic E-state index is 11.9. The van der Waals surface area contributed by atoms with Crippen LogP contribution in [0.3, 0.4) is 0 Å². The number of carbonyl (C=O) groups excluding carboxylic acids is 2. The van der Waals surface area contributed by atoms with E-state index in [1.54, 1.807) is 45.9 Å². The molecule has 0 fully saturated rings. The number of halogens is 1. The molecule has 1 aromatic rings. The van der Waals surface area contributed by atoms with Crippen LogP contribution in [0.15, 0.2) is 18.2 Å². The topological polar surface area (TPSA) is 64.6 Å². The minimum absolute atomic E-state index is 0.269. The minimum Gasteiger partial charge on any atom is -0.462 e. The lowest BCUT2D eigenvalue weighted by molar-refractivity contribution is 0.0527. The largest absolute Gasteiger partial charge is 0.462 e. The van der Waals surface area contributed by atoms with Gasteiger partial charge in [0.1, 0.15) is 5.60 Å². The van der Waals surface area contributed by atoms with E-state index >= 15 is 0 Å². The lowest BCUT2D eigenvalue weighted by Gasteiger charge is -2.20. The Morgan fingerprint density at radius 1 is 1.29 bits per heavy atom. The van der Waals surface area contributed by atoms with Crippen molar-refractivity contribution in [3.8, 4) is 0 Å². The van der Waals surface area contributed by atoms with Crippen molar-refractivity contribution in [3.63, 3.8) is 0 Å². The van der Waals surface area contributed by atoms with E-state index in [2.05, 4.69) is 21.2 Å². The number of anilines is 1. The molecule has 0 unspecified atom stereocenters. The van der Waals surface area contributed by atoms with Crippen LogP contribution >= 0.6 is 15.9 Å². The van der Waals surface area contributed by atoms with E-state index in [1.165, 1.54) is 0 Å². The number of nitrogens with one attached hydrogen (secondary N) is 1. The molecule has 0 saturated carbocycles. The monoisotopic (exact) mass is 357 g/mol. The molecule has 0 saturated heterocycles. The second-order valence-corrected chi connectivity index (χ2v) is 5.92. The van der Waals surface area contributed by atoms with Gasteiger partial charge in [-0.15, -0.1) is 0 Å². The third-order valence-electron chi connectivity index (χ3n) is 2.37. The zero-order valence-electron chi connectivity index (χ0n) is 12.7. The van der Waals surface area contributed by atoms with Gasteiger partial charge in [0.25, 0.3) is 0 Å². The summed E-state index contributed by atoms with van der Waals surface area (Å²) >= 11 is 3.34. The summed E-state index contributed by atoms with van der Waals surface area (Å²) in [4.78, 5) is 23.8. The van der Waals surface area contributed by atoms with Crippen LogP contribution in [0.1, 0.15) is 43.6 Å². The fourth-order valence-corrected chi connectivity index (χ4v) is 1.93. The van der Waals surface area contributed by atoms with E-state index in [9.17, 15) is 9.59 Å². The normalized spacial score (nSPS) is 10.9. The summed E-state index contributed by atoms with van der Waals surface area (Å²) in [5, 5.41) is 3.21. The molecule has 1 aromatic carbocycles. The van der Waals surface area contributed by atoms with Crippen molar-refractivity contribution in [3.05, 3.63) is 29.3 Å². The lowest BCUT2D eigenvalue weighted by atomic mass is 10.1. The molecule has 6 heteroatoms. The van der Waals surface area contributed by atoms with Crippen LogP contribution in [0.5, 0.6) is 0 Å². The number of benzene rings is 1. The number of esters is 1. The zero-order valence-corrected chi connectivity index (χ0v) is 14.2. The third kappa shape index (κ3) is 5.75. The Morgan fingerprint density at radius 3 is 2.48 bits per heavy atom. The highest BCUT2D eigenvalue weighted by Crippen LogP contribution is 2.21. The minimum atomic E-state index is -0.611. The van der Waals surface area contributed by atoms with Crippen molar-refractivity contribution in [2.45, 2.75) is 38.6 Å². The molecule has 0 aromatic heterocycles. The maximum Gasteiger partial charge on any atom is 0.412 e. The number of hydrogen-bond donors (Lipinski definition) is 1. The number of ether oxygens (including phenoxy) is 2. The Balaban J connectivity index is 3.01. The molecule has 1 amide bonds. The highest BCUT2D eigenvalue weighted by molar-refractivity contribution is 9.08. The smallest absolute Gasteiger partial charge is 0.412 e. The average Bonchev–Trinajstić information content (AvgIpc) is 2.36. The van der Waals surface area contributed by atoms with Gasteiger partial charge in [0.2, 0.25) is 0 Å². The first kappa shape index (κ1) is 17.5. The Labute approximate surface area is 133 Å². The molecule has 5 nitrogen and oxygen atoms in total. The summed E-state index contributed by atoms with van der Waals surface area (Å²) in [6, 6.07) is 5.13. The van der Waals surface area contributed by atoms with Crippen molar-refractivity contribution in [1.29, 1.82) is 0 Å². The first-order valence-corrected chi connectivity index (χ1v) is 7.75. The van der Waals surface area contributed by atoms with E-state index in [0.717, 1.165) is 5.56 Å². The molecule has 0 heterocycles. The summed E-state index contributed by atoms with van der Waals surface area (Å²) in [7, 11) is 0. The lowest BCUT2D eigenvalue weighted by Crippen LogP contribution is -2.28. The predicted molar refractivity (Wildman–Crippen MR) is 84.9 cm³/mol. The van der Waals surface area contributed by atoms with E-state index in [1.807, 2.05) is 0 Å². The number of carbonyl (C=O) groups is 2. The molecule has 0 aliphatic rings. The summed E-state index contributed by atoms with van der Waals surface area (Å²) in [6.45, 7) is 7.31. The molecule has 0 bridgehead atoms. The SMILES string of the molecule is CCOC(=O)c1ccc(CBr)cc1NC(=O)OC(C)(C)C. The van der Waals surface area contributed by atoms with Gasteiger partial charge in [0.05, 0.1) is 17.9 Å². The van der Waals surface area contributed by atoms with Gasteiger partial charge in [-0.05, 0) is 45.4 Å². The van der Waals surface area contributed by atoms with Crippen LogP contribution in [-0.2, 0) is 14.8 Å². The molecule has 0 spiro atoms. The molecule has 116 valence electrons. The van der Waals surface area contributed by atoms with Crippen molar-refractivity contribution < 1.29 is 19.1 Å². The van der Waals surface area contributed by atoms with Gasteiger partial charge < -0.3 is 9.47 Å².